The minimum atomic E-state index is -0.968. The molecule has 0 heterocycles. The van der Waals surface area contributed by atoms with Crippen LogP contribution in [-0.2, 0) is 14.4 Å². The summed E-state index contributed by atoms with van der Waals surface area (Å²) in [5.41, 5.74) is 0.217. The highest BCUT2D eigenvalue weighted by atomic mass is 16.5. The Morgan fingerprint density at radius 3 is 2.34 bits per heavy atom. The standard InChI is InChI=1S/C26H40N2O7/c1-20(18-29)16-22(19-30)28-25(32)13-14-27-24(31)12-7-5-3-2-4-6-8-15-35-23-11-9-10-21(17-23)26(33)34/h9-11,17,19-20,22,29H,2-8,12-16,18H2,1H3,(H,27,31)(H,28,32)(H,33,34). The third-order valence-electron chi connectivity index (χ3n) is 5.55. The predicted octanol–water partition coefficient (Wildman–Crippen LogP) is 3.09. The molecule has 0 radical (unpaired) electrons. The highest BCUT2D eigenvalue weighted by molar-refractivity contribution is 5.88. The van der Waals surface area contributed by atoms with Gasteiger partial charge in [0.15, 0.2) is 0 Å². The van der Waals surface area contributed by atoms with Crippen molar-refractivity contribution >= 4 is 24.1 Å². The summed E-state index contributed by atoms with van der Waals surface area (Å²) in [6.07, 6.45) is 8.51. The van der Waals surface area contributed by atoms with Crippen molar-refractivity contribution in [3.8, 4) is 5.75 Å². The van der Waals surface area contributed by atoms with Crippen LogP contribution in [0.4, 0.5) is 0 Å². The van der Waals surface area contributed by atoms with Crippen LogP contribution in [0.2, 0.25) is 0 Å². The summed E-state index contributed by atoms with van der Waals surface area (Å²) in [6.45, 7) is 2.54. The second-order valence-electron chi connectivity index (χ2n) is 8.84. The molecule has 9 nitrogen and oxygen atoms in total. The van der Waals surface area contributed by atoms with Crippen molar-refractivity contribution in [1.29, 1.82) is 0 Å². The van der Waals surface area contributed by atoms with Crippen molar-refractivity contribution in [2.75, 3.05) is 19.8 Å². The number of carbonyl (C=O) groups excluding carboxylic acids is 3. The molecule has 1 rings (SSSR count). The molecule has 4 N–H and O–H groups in total. The molecule has 0 aliphatic rings. The molecule has 2 unspecified atom stereocenters. The van der Waals surface area contributed by atoms with Gasteiger partial charge in [0.05, 0.1) is 18.2 Å². The molecule has 0 bridgehead atoms. The van der Waals surface area contributed by atoms with Gasteiger partial charge in [-0.05, 0) is 43.4 Å². The Labute approximate surface area is 207 Å². The average Bonchev–Trinajstić information content (AvgIpc) is 2.84. The fourth-order valence-electron chi connectivity index (χ4n) is 3.52. The van der Waals surface area contributed by atoms with E-state index in [1.807, 2.05) is 0 Å². The van der Waals surface area contributed by atoms with Gasteiger partial charge in [-0.2, -0.15) is 0 Å². The number of carboxylic acids is 1. The van der Waals surface area contributed by atoms with Crippen molar-refractivity contribution in [2.45, 2.75) is 77.2 Å². The third kappa shape index (κ3) is 14.8. The molecular weight excluding hydrogens is 452 g/mol. The van der Waals surface area contributed by atoms with Crippen LogP contribution in [0.1, 0.15) is 81.5 Å². The SMILES string of the molecule is CC(CO)CC(C=O)NC(=O)CCNC(=O)CCCCCCCCCOc1cccc(C(=O)O)c1. The first-order valence-corrected chi connectivity index (χ1v) is 12.4. The molecule has 0 aliphatic carbocycles. The molecule has 1 aromatic rings. The monoisotopic (exact) mass is 492 g/mol. The summed E-state index contributed by atoms with van der Waals surface area (Å²) >= 11 is 0. The number of aromatic carboxylic acids is 1. The zero-order valence-corrected chi connectivity index (χ0v) is 20.7. The quantitative estimate of drug-likeness (QED) is 0.162. The van der Waals surface area contributed by atoms with Gasteiger partial charge in [0.25, 0.3) is 0 Å². The zero-order valence-electron chi connectivity index (χ0n) is 20.7. The lowest BCUT2D eigenvalue weighted by molar-refractivity contribution is -0.124. The molecule has 9 heteroatoms. The molecule has 0 aliphatic heterocycles. The minimum Gasteiger partial charge on any atom is -0.494 e. The topological polar surface area (TPSA) is 142 Å². The van der Waals surface area contributed by atoms with Gasteiger partial charge in [0.1, 0.15) is 12.0 Å². The number of aldehydes is 1. The number of ether oxygens (including phenoxy) is 1. The Hall–Kier alpha value is -2.94. The van der Waals surface area contributed by atoms with Crippen LogP contribution < -0.4 is 15.4 Å². The van der Waals surface area contributed by atoms with Crippen LogP contribution in [0.5, 0.6) is 5.75 Å². The van der Waals surface area contributed by atoms with Crippen LogP contribution >= 0.6 is 0 Å². The number of rotatable bonds is 20. The molecule has 0 saturated heterocycles. The van der Waals surface area contributed by atoms with Crippen LogP contribution in [0.3, 0.4) is 0 Å². The molecule has 0 saturated carbocycles. The van der Waals surface area contributed by atoms with Crippen molar-refractivity contribution in [3.05, 3.63) is 29.8 Å². The first-order chi connectivity index (χ1) is 16.8. The van der Waals surface area contributed by atoms with E-state index >= 15 is 0 Å². The van der Waals surface area contributed by atoms with Gasteiger partial charge in [-0.3, -0.25) is 9.59 Å². The maximum atomic E-state index is 11.9. The Bertz CT molecular complexity index is 785. The summed E-state index contributed by atoms with van der Waals surface area (Å²) in [5, 5.41) is 23.4. The van der Waals surface area contributed by atoms with Crippen molar-refractivity contribution in [2.24, 2.45) is 5.92 Å². The van der Waals surface area contributed by atoms with E-state index < -0.39 is 12.0 Å². The lowest BCUT2D eigenvalue weighted by Crippen LogP contribution is -2.39. The first-order valence-electron chi connectivity index (χ1n) is 12.4. The molecule has 2 atom stereocenters. The molecule has 0 aromatic heterocycles. The zero-order chi connectivity index (χ0) is 25.9. The van der Waals surface area contributed by atoms with Gasteiger partial charge in [0.2, 0.25) is 11.8 Å². The number of amides is 2. The van der Waals surface area contributed by atoms with Crippen molar-refractivity contribution in [3.63, 3.8) is 0 Å². The number of unbranched alkanes of at least 4 members (excludes halogenated alkanes) is 6. The van der Waals surface area contributed by atoms with Crippen LogP contribution in [0.15, 0.2) is 24.3 Å². The maximum Gasteiger partial charge on any atom is 0.335 e. The number of hydrogen-bond donors (Lipinski definition) is 4. The average molecular weight is 493 g/mol. The molecule has 2 amide bonds. The molecule has 0 fully saturated rings. The molecule has 1 aromatic carbocycles. The van der Waals surface area contributed by atoms with E-state index in [9.17, 15) is 19.2 Å². The number of aliphatic hydroxyl groups excluding tert-OH is 1. The third-order valence-corrected chi connectivity index (χ3v) is 5.55. The first kappa shape index (κ1) is 30.1. The van der Waals surface area contributed by atoms with E-state index in [1.54, 1.807) is 19.1 Å². The normalized spacial score (nSPS) is 12.4. The van der Waals surface area contributed by atoms with Crippen LogP contribution in [-0.4, -0.2) is 60.1 Å². The largest absolute Gasteiger partial charge is 0.494 e. The van der Waals surface area contributed by atoms with E-state index in [1.165, 1.54) is 12.1 Å². The summed E-state index contributed by atoms with van der Waals surface area (Å²) in [6, 6.07) is 5.86. The van der Waals surface area contributed by atoms with E-state index in [2.05, 4.69) is 10.6 Å². The minimum absolute atomic E-state index is 0.0435. The molecule has 0 spiro atoms. The van der Waals surface area contributed by atoms with E-state index in [4.69, 9.17) is 14.9 Å². The lowest BCUT2D eigenvalue weighted by atomic mass is 10.0. The van der Waals surface area contributed by atoms with Gasteiger partial charge in [-0.15, -0.1) is 0 Å². The smallest absolute Gasteiger partial charge is 0.335 e. The molecule has 196 valence electrons. The number of carboxylic acid groups (broad SMARTS) is 1. The molecular formula is C26H40N2O7. The summed E-state index contributed by atoms with van der Waals surface area (Å²) < 4.78 is 5.60. The fraction of sp³-hybridized carbons (Fsp3) is 0.615. The van der Waals surface area contributed by atoms with Crippen LogP contribution in [0.25, 0.3) is 0 Å². The maximum absolute atomic E-state index is 11.9. The Morgan fingerprint density at radius 1 is 1.00 bits per heavy atom. The molecule has 35 heavy (non-hydrogen) atoms. The van der Waals surface area contributed by atoms with E-state index in [-0.39, 0.29) is 42.9 Å². The number of aliphatic hydroxyl groups is 1. The highest BCUT2D eigenvalue weighted by Crippen LogP contribution is 2.14. The lowest BCUT2D eigenvalue weighted by Gasteiger charge is -2.16. The summed E-state index contributed by atoms with van der Waals surface area (Å²) in [4.78, 5) is 45.8. The fourth-order valence-corrected chi connectivity index (χ4v) is 3.52. The second kappa shape index (κ2) is 18.4. The Morgan fingerprint density at radius 2 is 1.69 bits per heavy atom. The van der Waals surface area contributed by atoms with Gasteiger partial charge in [0, 0.05) is 26.0 Å². The van der Waals surface area contributed by atoms with Gasteiger partial charge in [-0.1, -0.05) is 45.1 Å². The number of carbonyl (C=O) groups is 4. The van der Waals surface area contributed by atoms with Crippen LogP contribution in [0, 0.1) is 5.92 Å². The summed E-state index contributed by atoms with van der Waals surface area (Å²) in [5.74, 6) is -0.851. The Balaban J connectivity index is 1.97. The Kier molecular flexibility index (Phi) is 15.8. The van der Waals surface area contributed by atoms with Gasteiger partial charge in [-0.25, -0.2) is 4.79 Å². The number of hydrogen-bond acceptors (Lipinski definition) is 6. The number of benzene rings is 1. The van der Waals surface area contributed by atoms with Gasteiger partial charge < -0.3 is 30.4 Å². The second-order valence-corrected chi connectivity index (χ2v) is 8.84. The summed E-state index contributed by atoms with van der Waals surface area (Å²) in [7, 11) is 0. The van der Waals surface area contributed by atoms with Crippen molar-refractivity contribution < 1.29 is 34.1 Å². The number of nitrogens with one attached hydrogen (secondary N) is 2. The highest BCUT2D eigenvalue weighted by Gasteiger charge is 2.14. The van der Waals surface area contributed by atoms with E-state index in [0.717, 1.165) is 44.9 Å². The van der Waals surface area contributed by atoms with E-state index in [0.29, 0.717) is 31.5 Å². The van der Waals surface area contributed by atoms with Gasteiger partial charge >= 0.3 is 5.97 Å². The van der Waals surface area contributed by atoms with Crippen molar-refractivity contribution in [1.82, 2.24) is 10.6 Å². The predicted molar refractivity (Wildman–Crippen MR) is 132 cm³/mol.